The molecule has 37 heavy (non-hydrogen) atoms. The van der Waals surface area contributed by atoms with E-state index in [-0.39, 0.29) is 0 Å². The van der Waals surface area contributed by atoms with Crippen LogP contribution in [0.1, 0.15) is 143 Å². The third kappa shape index (κ3) is 46.4. The first kappa shape index (κ1) is 41.6. The van der Waals surface area contributed by atoms with E-state index in [1.54, 1.807) is 4.28 Å². The first-order valence-electron chi connectivity index (χ1n) is 15.8. The molecule has 0 saturated heterocycles. The fraction of sp³-hybridized carbons (Fsp3) is 0.875. The van der Waals surface area contributed by atoms with Gasteiger partial charge in [0.1, 0.15) is 0 Å². The van der Waals surface area contributed by atoms with Crippen LogP contribution in [-0.2, 0) is 15.6 Å². The molecule has 0 radical (unpaired) electrons. The van der Waals surface area contributed by atoms with Crippen molar-refractivity contribution in [1.29, 1.82) is 0 Å². The van der Waals surface area contributed by atoms with Gasteiger partial charge in [-0.15, -0.1) is 0 Å². The fourth-order valence-electron chi connectivity index (χ4n) is 3.67. The number of hydrogen-bond donors (Lipinski definition) is 0. The Morgan fingerprint density at radius 1 is 0.568 bits per heavy atom. The number of allylic oxidation sites excluding steroid dienone is 4. The van der Waals surface area contributed by atoms with Crippen LogP contribution in [0.15, 0.2) is 22.5 Å². The van der Waals surface area contributed by atoms with E-state index >= 15 is 0 Å². The summed E-state index contributed by atoms with van der Waals surface area (Å²) < 4.78 is 1.73. The normalized spacial score (nSPS) is 11.9. The second-order valence-corrected chi connectivity index (χ2v) is 23.9. The van der Waals surface area contributed by atoms with Crippen molar-refractivity contribution in [2.75, 3.05) is 19.6 Å². The molecule has 1 rings (SSSR count). The van der Waals surface area contributed by atoms with E-state index in [9.17, 15) is 0 Å². The summed E-state index contributed by atoms with van der Waals surface area (Å²) in [5.41, 5.74) is 20.6. The van der Waals surface area contributed by atoms with Crippen LogP contribution in [0.3, 0.4) is 0 Å². The van der Waals surface area contributed by atoms with Crippen LogP contribution >= 0.6 is 0 Å². The summed E-state index contributed by atoms with van der Waals surface area (Å²) in [5, 5.41) is 0. The molecule has 0 aromatic carbocycles. The van der Waals surface area contributed by atoms with Crippen LogP contribution in [0, 0.1) is 0 Å². The van der Waals surface area contributed by atoms with E-state index in [0.29, 0.717) is 35.3 Å². The molecule has 0 aromatic rings. The molecule has 1 aliphatic carbocycles. The Kier molecular flexibility index (Phi) is 40.7. The van der Waals surface area contributed by atoms with Gasteiger partial charge in [0, 0.05) is 0 Å². The number of unbranched alkanes of at least 4 members (excludes halogenated alkanes) is 15. The van der Waals surface area contributed by atoms with E-state index in [4.69, 9.17) is 17.2 Å². The zero-order valence-corrected chi connectivity index (χ0v) is 28.6. The predicted molar refractivity (Wildman–Crippen MR) is 173 cm³/mol. The van der Waals surface area contributed by atoms with Crippen molar-refractivity contribution in [3.63, 3.8) is 0 Å². The minimum absolute atomic E-state index is 0.557. The maximum absolute atomic E-state index is 6.88. The van der Waals surface area contributed by atoms with E-state index in [1.165, 1.54) is 103 Å². The van der Waals surface area contributed by atoms with Crippen LogP contribution in [0.5, 0.6) is 0 Å². The van der Waals surface area contributed by atoms with E-state index < -0.39 is 6.45 Å². The zero-order valence-electron chi connectivity index (χ0n) is 26.2. The Bertz CT molecular complexity index is 410. The third-order valence-corrected chi connectivity index (χ3v) is 11.8. The van der Waals surface area contributed by atoms with Gasteiger partial charge < -0.3 is 17.2 Å². The molecule has 1 aliphatic rings. The fourth-order valence-corrected chi connectivity index (χ4v) is 9.81. The second-order valence-electron chi connectivity index (χ2n) is 11.1. The van der Waals surface area contributed by atoms with Crippen LogP contribution in [0.2, 0.25) is 19.6 Å². The molecule has 0 aliphatic heterocycles. The van der Waals surface area contributed by atoms with Crippen LogP contribution in [0.4, 0.5) is 0 Å². The van der Waals surface area contributed by atoms with Crippen LogP contribution in [-0.4, -0.2) is 26.1 Å². The number of nitrogens with one attached hydrogen (secondary N) is 3. The monoisotopic (exact) mass is 573 g/mol. The molecule has 0 unspecified atom stereocenters. The van der Waals surface area contributed by atoms with Gasteiger partial charge >= 0.3 is 70.6 Å². The molecule has 0 spiro atoms. The Hall–Kier alpha value is 0.161. The van der Waals surface area contributed by atoms with Gasteiger partial charge in [-0.1, -0.05) is 136 Å². The maximum atomic E-state index is 6.88. The molecule has 0 amide bonds. The molecule has 0 heterocycles. The Morgan fingerprint density at radius 3 is 1.14 bits per heavy atom. The van der Waals surface area contributed by atoms with Crippen molar-refractivity contribution in [2.24, 2.45) is 0 Å². The van der Waals surface area contributed by atoms with Gasteiger partial charge in [0.05, 0.1) is 0 Å². The first-order valence-corrected chi connectivity index (χ1v) is 22.1. The number of rotatable bonds is 20. The molecule has 0 bridgehead atoms. The van der Waals surface area contributed by atoms with Gasteiger partial charge in [0.15, 0.2) is 0 Å². The summed E-state index contributed by atoms with van der Waals surface area (Å²) in [6.45, 7) is 15.9. The molecule has 3 nitrogen and oxygen atoms in total. The van der Waals surface area contributed by atoms with Crippen molar-refractivity contribution in [3.05, 3.63) is 39.7 Å². The van der Waals surface area contributed by atoms with Crippen molar-refractivity contribution in [3.8, 4) is 0 Å². The van der Waals surface area contributed by atoms with Crippen molar-refractivity contribution < 1.29 is 15.6 Å². The molecular formula is C32H68N3SiV. The minimum atomic E-state index is -0.737. The first-order chi connectivity index (χ1) is 17.8. The van der Waals surface area contributed by atoms with Gasteiger partial charge in [-0.05, 0) is 0 Å². The third-order valence-electron chi connectivity index (χ3n) is 5.82. The molecule has 220 valence electrons. The van der Waals surface area contributed by atoms with E-state index in [1.807, 2.05) is 0 Å². The molecule has 0 aromatic heterocycles. The summed E-state index contributed by atoms with van der Waals surface area (Å²) in [7, 11) is 0. The molecule has 0 atom stereocenters. The van der Waals surface area contributed by atoms with Crippen molar-refractivity contribution in [2.45, 2.75) is 162 Å². The SMILES string of the molecule is CCCCCCCC[NH-].CCCCCCCC[NH-].CCCCCCCC[NH-].C[Si](C)(C)[V+3][C]1=CC=CC1. The second kappa shape index (κ2) is 36.2. The van der Waals surface area contributed by atoms with Gasteiger partial charge in [0.2, 0.25) is 0 Å². The molecule has 5 heteroatoms. The van der Waals surface area contributed by atoms with Gasteiger partial charge in [-0.25, -0.2) is 0 Å². The Balaban J connectivity index is -0.000000417. The summed E-state index contributed by atoms with van der Waals surface area (Å²) >= 11 is 0.557. The summed E-state index contributed by atoms with van der Waals surface area (Å²) in [5.74, 6) is 0. The average molecular weight is 574 g/mol. The Morgan fingerprint density at radius 2 is 0.892 bits per heavy atom. The zero-order chi connectivity index (χ0) is 28.5. The molecule has 3 N–H and O–H groups in total. The predicted octanol–water partition coefficient (Wildman–Crippen LogP) is 12.9. The summed E-state index contributed by atoms with van der Waals surface area (Å²) in [6.07, 6.45) is 30.6. The van der Waals surface area contributed by atoms with Gasteiger partial charge in [-0.3, -0.25) is 0 Å². The Labute approximate surface area is 243 Å². The van der Waals surface area contributed by atoms with Gasteiger partial charge in [0.25, 0.3) is 0 Å². The van der Waals surface area contributed by atoms with Crippen molar-refractivity contribution in [1.82, 2.24) is 0 Å². The van der Waals surface area contributed by atoms with E-state index in [0.717, 1.165) is 19.3 Å². The average Bonchev–Trinajstić information content (AvgIpc) is 3.37. The topological polar surface area (TPSA) is 71.4 Å². The summed E-state index contributed by atoms with van der Waals surface area (Å²) in [6, 6.07) is 0. The van der Waals surface area contributed by atoms with Crippen molar-refractivity contribution >= 4 is 6.45 Å². The van der Waals surface area contributed by atoms with Crippen LogP contribution < -0.4 is 0 Å². The van der Waals surface area contributed by atoms with Gasteiger partial charge in [-0.2, -0.15) is 19.6 Å². The quantitative estimate of drug-likeness (QED) is 0.103. The molecule has 0 fully saturated rings. The summed E-state index contributed by atoms with van der Waals surface area (Å²) in [4.78, 5) is 0. The molecule has 0 saturated carbocycles. The van der Waals surface area contributed by atoms with E-state index in [2.05, 4.69) is 58.6 Å². The molecular weight excluding hydrogens is 505 g/mol. The van der Waals surface area contributed by atoms with Crippen LogP contribution in [0.25, 0.3) is 17.2 Å². The standard InChI is InChI=1S/3C8H18N.C5H5.C3H9Si.V/c3*1-2-3-4-5-6-7-8-9;1-2-4-5-3-1;1-4(2)3;/h3*9H,2-8H2,1H3;1-3H,4H2;1-3H3;/q3*-1;;;+3. The number of hydrogen-bond acceptors (Lipinski definition) is 0.